The molecule has 0 unspecified atom stereocenters. The molecule has 7 atom stereocenters. The molecule has 18 heavy (non-hydrogen) atoms. The molecule has 0 amide bonds. The van der Waals surface area contributed by atoms with Gasteiger partial charge in [0.1, 0.15) is 9.75 Å². The van der Waals surface area contributed by atoms with E-state index in [-0.39, 0.29) is 11.8 Å². The Kier molecular flexibility index (Phi) is 3.39. The van der Waals surface area contributed by atoms with Crippen LogP contribution in [0.3, 0.4) is 0 Å². The van der Waals surface area contributed by atoms with Crippen LogP contribution in [-0.2, 0) is 0 Å². The summed E-state index contributed by atoms with van der Waals surface area (Å²) in [6, 6.07) is 0. The molecular formula is C10H6Cl8. The molecule has 0 N–H and O–H groups in total. The van der Waals surface area contributed by atoms with E-state index in [4.69, 9.17) is 92.8 Å². The van der Waals surface area contributed by atoms with Gasteiger partial charge in [0.05, 0.1) is 16.1 Å². The minimum atomic E-state index is -1.47. The van der Waals surface area contributed by atoms with Gasteiger partial charge in [-0.3, -0.25) is 0 Å². The Bertz CT molecular complexity index is 447. The van der Waals surface area contributed by atoms with Crippen LogP contribution in [0.5, 0.6) is 0 Å². The van der Waals surface area contributed by atoms with E-state index >= 15 is 0 Å². The lowest BCUT2D eigenvalue weighted by Gasteiger charge is -2.35. The minimum Gasteiger partial charge on any atom is -0.121 e. The van der Waals surface area contributed by atoms with Crippen LogP contribution in [0.4, 0.5) is 0 Å². The van der Waals surface area contributed by atoms with Crippen molar-refractivity contribution in [3.8, 4) is 0 Å². The zero-order valence-corrected chi connectivity index (χ0v) is 14.5. The zero-order chi connectivity index (χ0) is 13.7. The predicted molar refractivity (Wildman–Crippen MR) is 81.4 cm³/mol. The first-order valence-corrected chi connectivity index (χ1v) is 8.37. The van der Waals surface area contributed by atoms with Crippen molar-refractivity contribution >= 4 is 92.8 Å². The van der Waals surface area contributed by atoms with Gasteiger partial charge in [-0.25, -0.2) is 0 Å². The summed E-state index contributed by atoms with van der Waals surface area (Å²) in [4.78, 5) is -2.39. The minimum absolute atomic E-state index is 0.311. The third-order valence-corrected chi connectivity index (χ3v) is 9.63. The van der Waals surface area contributed by atoms with Gasteiger partial charge >= 0.3 is 0 Å². The highest BCUT2D eigenvalue weighted by atomic mass is 35.5. The number of allylic oxidation sites excluding steroid dienone is 2. The highest BCUT2D eigenvalue weighted by Gasteiger charge is 2.83. The van der Waals surface area contributed by atoms with Crippen LogP contribution in [-0.4, -0.2) is 30.2 Å². The molecule has 0 saturated heterocycles. The first kappa shape index (κ1) is 15.0. The molecule has 0 aromatic rings. The first-order valence-electron chi connectivity index (χ1n) is 5.17. The largest absolute Gasteiger partial charge is 0.165 e. The fourth-order valence-corrected chi connectivity index (χ4v) is 7.41. The number of hydrogen-bond donors (Lipinski definition) is 0. The van der Waals surface area contributed by atoms with E-state index in [1.54, 1.807) is 6.08 Å². The molecular weight excluding hydrogens is 404 g/mol. The normalized spacial score (nSPS) is 60.9. The Labute approximate surface area is 145 Å². The lowest BCUT2D eigenvalue weighted by molar-refractivity contribution is 0.392. The Morgan fingerprint density at radius 1 is 0.833 bits per heavy atom. The van der Waals surface area contributed by atoms with Crippen molar-refractivity contribution in [3.05, 3.63) is 11.1 Å². The Hall–Kier alpha value is 2.06. The van der Waals surface area contributed by atoms with Gasteiger partial charge in [0, 0.05) is 16.9 Å². The van der Waals surface area contributed by atoms with Gasteiger partial charge in [-0.15, -0.1) is 58.0 Å². The van der Waals surface area contributed by atoms with E-state index in [0.717, 1.165) is 0 Å². The standard InChI is InChI=1S/C10H6Cl8/c11-2-1-8(15)3-4(6(13)7(14)5(3)12)9(2,16)10(8,17)18/h1,3-7H/t3-,4+,5-,6-,7+,8-,9+/m0/s1. The summed E-state index contributed by atoms with van der Waals surface area (Å²) in [5, 5.41) is -1.10. The second kappa shape index (κ2) is 4.07. The van der Waals surface area contributed by atoms with Gasteiger partial charge in [-0.1, -0.05) is 34.8 Å². The van der Waals surface area contributed by atoms with Crippen LogP contribution in [0.25, 0.3) is 0 Å². The monoisotopic (exact) mass is 406 g/mol. The topological polar surface area (TPSA) is 0 Å². The van der Waals surface area contributed by atoms with Crippen LogP contribution in [0.1, 0.15) is 0 Å². The van der Waals surface area contributed by atoms with Crippen molar-refractivity contribution in [2.24, 2.45) is 11.8 Å². The first-order chi connectivity index (χ1) is 8.10. The van der Waals surface area contributed by atoms with E-state index in [9.17, 15) is 0 Å². The van der Waals surface area contributed by atoms with Crippen LogP contribution in [0.2, 0.25) is 0 Å². The third kappa shape index (κ3) is 1.32. The van der Waals surface area contributed by atoms with Crippen molar-refractivity contribution < 1.29 is 0 Å². The average molecular weight is 410 g/mol. The summed E-state index contributed by atoms with van der Waals surface area (Å²) < 4.78 is -1.47. The maximum atomic E-state index is 6.60. The summed E-state index contributed by atoms with van der Waals surface area (Å²) in [5.41, 5.74) is 0. The van der Waals surface area contributed by atoms with E-state index in [2.05, 4.69) is 0 Å². The molecule has 2 bridgehead atoms. The molecule has 0 aromatic heterocycles. The van der Waals surface area contributed by atoms with Crippen molar-refractivity contribution in [1.82, 2.24) is 0 Å². The molecule has 0 nitrogen and oxygen atoms in total. The van der Waals surface area contributed by atoms with Crippen molar-refractivity contribution in [2.75, 3.05) is 0 Å². The predicted octanol–water partition coefficient (Wildman–Crippen LogP) is 5.33. The zero-order valence-electron chi connectivity index (χ0n) is 8.49. The van der Waals surface area contributed by atoms with Crippen LogP contribution < -0.4 is 0 Å². The molecule has 2 saturated carbocycles. The van der Waals surface area contributed by atoms with E-state index < -0.39 is 30.2 Å². The fourth-order valence-electron chi connectivity index (χ4n) is 3.41. The highest BCUT2D eigenvalue weighted by Crippen LogP contribution is 2.77. The number of halogens is 8. The van der Waals surface area contributed by atoms with Gasteiger partial charge in [-0.05, 0) is 6.08 Å². The van der Waals surface area contributed by atoms with Crippen LogP contribution in [0, 0.1) is 11.8 Å². The van der Waals surface area contributed by atoms with Crippen LogP contribution >= 0.6 is 92.8 Å². The number of hydrogen-bond acceptors (Lipinski definition) is 0. The van der Waals surface area contributed by atoms with E-state index in [1.165, 1.54) is 0 Å². The molecule has 0 heterocycles. The number of fused-ring (bicyclic) bond motifs is 5. The smallest absolute Gasteiger partial charge is 0.121 e. The Morgan fingerprint density at radius 2 is 1.33 bits per heavy atom. The molecule has 8 heteroatoms. The molecule has 0 aromatic carbocycles. The SMILES string of the molecule is ClC1=C[C@]2(Cl)[C@@H]3[C@H](Cl)[C@@H](Cl)[C@@H](Cl)[C@@H]3[C@@]1(Cl)C2(Cl)Cl. The summed E-state index contributed by atoms with van der Waals surface area (Å²) >= 11 is 51.0. The molecule has 0 aliphatic heterocycles. The Morgan fingerprint density at radius 3 is 1.89 bits per heavy atom. The number of alkyl halides is 7. The number of rotatable bonds is 0. The molecule has 3 rings (SSSR count). The summed E-state index contributed by atoms with van der Waals surface area (Å²) in [7, 11) is 0. The molecule has 0 spiro atoms. The van der Waals surface area contributed by atoms with Gasteiger partial charge in [0.15, 0.2) is 4.33 Å². The second-order valence-electron chi connectivity index (χ2n) is 4.93. The van der Waals surface area contributed by atoms with E-state index in [0.29, 0.717) is 5.03 Å². The van der Waals surface area contributed by atoms with Crippen molar-refractivity contribution in [3.63, 3.8) is 0 Å². The molecule has 0 radical (unpaired) electrons. The maximum Gasteiger partial charge on any atom is 0.165 e. The molecule has 2 fully saturated rings. The maximum absolute atomic E-state index is 6.60. The lowest BCUT2D eigenvalue weighted by atomic mass is 9.84. The van der Waals surface area contributed by atoms with Crippen molar-refractivity contribution in [1.29, 1.82) is 0 Å². The van der Waals surface area contributed by atoms with Gasteiger partial charge in [0.25, 0.3) is 0 Å². The summed E-state index contributed by atoms with van der Waals surface area (Å²) in [6.07, 6.45) is 1.58. The van der Waals surface area contributed by atoms with Crippen molar-refractivity contribution in [2.45, 2.75) is 30.2 Å². The average Bonchev–Trinajstić information content (AvgIpc) is 2.63. The summed E-state index contributed by atoms with van der Waals surface area (Å²) in [5.74, 6) is -0.684. The lowest BCUT2D eigenvalue weighted by Crippen LogP contribution is -2.47. The quantitative estimate of drug-likeness (QED) is 0.474. The third-order valence-electron chi connectivity index (χ3n) is 4.25. The molecule has 102 valence electrons. The molecule has 3 aliphatic rings. The van der Waals surface area contributed by atoms with Gasteiger partial charge in [0.2, 0.25) is 0 Å². The second-order valence-corrected chi connectivity index (χ2v) is 9.40. The highest BCUT2D eigenvalue weighted by molar-refractivity contribution is 6.63. The fraction of sp³-hybridized carbons (Fsp3) is 0.800. The van der Waals surface area contributed by atoms with Gasteiger partial charge < -0.3 is 0 Å². The summed E-state index contributed by atoms with van der Waals surface area (Å²) in [6.45, 7) is 0. The van der Waals surface area contributed by atoms with Crippen LogP contribution in [0.15, 0.2) is 11.1 Å². The molecule has 3 aliphatic carbocycles. The Balaban J connectivity index is 2.24. The van der Waals surface area contributed by atoms with E-state index in [1.807, 2.05) is 0 Å². The van der Waals surface area contributed by atoms with Gasteiger partial charge in [-0.2, -0.15) is 0 Å².